The van der Waals surface area contributed by atoms with Crippen molar-refractivity contribution in [2.45, 2.75) is 6.18 Å². The van der Waals surface area contributed by atoms with Gasteiger partial charge in [-0.1, -0.05) is 0 Å². The first-order valence-corrected chi connectivity index (χ1v) is 7.35. The molecule has 1 aliphatic rings. The number of urea groups is 1. The molecule has 1 aliphatic heterocycles. The first kappa shape index (κ1) is 16.5. The minimum absolute atomic E-state index is 0.139. The van der Waals surface area contributed by atoms with Crippen LogP contribution in [0.4, 0.5) is 18.0 Å². The number of carboxylic acids is 1. The van der Waals surface area contributed by atoms with Gasteiger partial charge in [0.2, 0.25) is 0 Å². The summed E-state index contributed by atoms with van der Waals surface area (Å²) in [6.07, 6.45) is -4.73. The monoisotopic (exact) mass is 318 g/mol. The standard InChI is InChI=1S/C9H13F3N2O5S/c10-9(11,12)6-14(5-7(15)16)8(17)13-1-3-20(18,19)4-2-13/h1-6H2,(H,15,16). The van der Waals surface area contributed by atoms with Crippen molar-refractivity contribution in [1.82, 2.24) is 9.80 Å². The first-order chi connectivity index (χ1) is 9.00. The number of rotatable bonds is 3. The third-order valence-electron chi connectivity index (χ3n) is 2.58. The van der Waals surface area contributed by atoms with Gasteiger partial charge < -0.3 is 14.9 Å². The Morgan fingerprint density at radius 1 is 1.20 bits per heavy atom. The summed E-state index contributed by atoms with van der Waals surface area (Å²) < 4.78 is 59.3. The third-order valence-corrected chi connectivity index (χ3v) is 4.19. The quantitative estimate of drug-likeness (QED) is 0.776. The molecule has 0 aromatic carbocycles. The van der Waals surface area contributed by atoms with Crippen LogP contribution < -0.4 is 0 Å². The Bertz CT molecular complexity index is 476. The molecule has 1 saturated heterocycles. The van der Waals surface area contributed by atoms with Crippen LogP contribution in [0.2, 0.25) is 0 Å². The van der Waals surface area contributed by atoms with E-state index in [4.69, 9.17) is 5.11 Å². The van der Waals surface area contributed by atoms with E-state index >= 15 is 0 Å². The van der Waals surface area contributed by atoms with Gasteiger partial charge in [-0.25, -0.2) is 13.2 Å². The van der Waals surface area contributed by atoms with Gasteiger partial charge in [0.25, 0.3) is 0 Å². The van der Waals surface area contributed by atoms with Crippen molar-refractivity contribution in [3.63, 3.8) is 0 Å². The molecule has 0 saturated carbocycles. The van der Waals surface area contributed by atoms with Crippen LogP contribution in [0, 0.1) is 0 Å². The molecule has 1 N–H and O–H groups in total. The summed E-state index contributed by atoms with van der Waals surface area (Å²) in [6, 6.07) is -1.13. The molecule has 0 aromatic heterocycles. The van der Waals surface area contributed by atoms with E-state index in [9.17, 15) is 31.2 Å². The number of alkyl halides is 3. The number of sulfone groups is 1. The molecule has 20 heavy (non-hydrogen) atoms. The first-order valence-electron chi connectivity index (χ1n) is 5.53. The molecule has 0 atom stereocenters. The molecular formula is C9H13F3N2O5S. The molecule has 2 amide bonds. The maximum atomic E-state index is 12.3. The largest absolute Gasteiger partial charge is 0.480 e. The van der Waals surface area contributed by atoms with Gasteiger partial charge in [0.1, 0.15) is 13.1 Å². The van der Waals surface area contributed by atoms with Crippen molar-refractivity contribution in [2.75, 3.05) is 37.7 Å². The van der Waals surface area contributed by atoms with E-state index < -0.39 is 41.1 Å². The lowest BCUT2D eigenvalue weighted by atomic mass is 10.4. The van der Waals surface area contributed by atoms with Crippen molar-refractivity contribution in [1.29, 1.82) is 0 Å². The van der Waals surface area contributed by atoms with Gasteiger partial charge in [0.15, 0.2) is 9.84 Å². The summed E-state index contributed by atoms with van der Waals surface area (Å²) in [4.78, 5) is 23.4. The van der Waals surface area contributed by atoms with Crippen LogP contribution in [0.25, 0.3) is 0 Å². The predicted octanol–water partition coefficient (Wildman–Crippen LogP) is -0.214. The summed E-state index contributed by atoms with van der Waals surface area (Å²) in [7, 11) is -3.28. The Hall–Kier alpha value is -1.52. The molecule has 0 spiro atoms. The number of aliphatic carboxylic acids is 1. The van der Waals surface area contributed by atoms with Crippen LogP contribution in [0.1, 0.15) is 0 Å². The van der Waals surface area contributed by atoms with E-state index in [-0.39, 0.29) is 29.5 Å². The molecule has 7 nitrogen and oxygen atoms in total. The second-order valence-corrected chi connectivity index (χ2v) is 6.59. The molecule has 116 valence electrons. The Morgan fingerprint density at radius 2 is 1.70 bits per heavy atom. The Labute approximate surface area is 112 Å². The highest BCUT2D eigenvalue weighted by Gasteiger charge is 2.36. The van der Waals surface area contributed by atoms with Crippen LogP contribution in [0.3, 0.4) is 0 Å². The van der Waals surface area contributed by atoms with Gasteiger partial charge in [-0.15, -0.1) is 0 Å². The summed E-state index contributed by atoms with van der Waals surface area (Å²) in [5.41, 5.74) is 0. The van der Waals surface area contributed by atoms with Crippen LogP contribution in [0.5, 0.6) is 0 Å². The van der Waals surface area contributed by atoms with Gasteiger partial charge in [0, 0.05) is 13.1 Å². The molecule has 0 unspecified atom stereocenters. The fraction of sp³-hybridized carbons (Fsp3) is 0.778. The summed E-state index contributed by atoms with van der Waals surface area (Å²) in [5.74, 6) is -2.26. The SMILES string of the molecule is O=C(O)CN(CC(F)(F)F)C(=O)N1CCS(=O)(=O)CC1. The molecule has 1 heterocycles. The van der Waals surface area contributed by atoms with E-state index in [1.54, 1.807) is 0 Å². The number of carbonyl (C=O) groups excluding carboxylic acids is 1. The summed E-state index contributed by atoms with van der Waals surface area (Å²) in [6.45, 7) is -3.27. The van der Waals surface area contributed by atoms with Gasteiger partial charge in [-0.3, -0.25) is 4.79 Å². The van der Waals surface area contributed by atoms with E-state index in [2.05, 4.69) is 0 Å². The zero-order valence-corrected chi connectivity index (χ0v) is 11.1. The number of hydrogen-bond acceptors (Lipinski definition) is 4. The smallest absolute Gasteiger partial charge is 0.406 e. The minimum Gasteiger partial charge on any atom is -0.480 e. The maximum Gasteiger partial charge on any atom is 0.406 e. The number of amides is 2. The normalized spacial score (nSPS) is 18.6. The number of hydrogen-bond donors (Lipinski definition) is 1. The second-order valence-electron chi connectivity index (χ2n) is 4.29. The van der Waals surface area contributed by atoms with Gasteiger partial charge >= 0.3 is 18.2 Å². The van der Waals surface area contributed by atoms with Crippen molar-refractivity contribution in [2.24, 2.45) is 0 Å². The van der Waals surface area contributed by atoms with Crippen LogP contribution >= 0.6 is 0 Å². The minimum atomic E-state index is -4.73. The zero-order valence-electron chi connectivity index (χ0n) is 10.3. The molecule has 0 aliphatic carbocycles. The van der Waals surface area contributed by atoms with E-state index in [0.717, 1.165) is 4.90 Å². The molecule has 0 radical (unpaired) electrons. The lowest BCUT2D eigenvalue weighted by Crippen LogP contribution is -2.53. The van der Waals surface area contributed by atoms with Crippen molar-refractivity contribution in [3.8, 4) is 0 Å². The zero-order chi connectivity index (χ0) is 15.6. The number of carbonyl (C=O) groups is 2. The fourth-order valence-electron chi connectivity index (χ4n) is 1.67. The van der Waals surface area contributed by atoms with Gasteiger partial charge in [-0.2, -0.15) is 13.2 Å². The second kappa shape index (κ2) is 5.85. The van der Waals surface area contributed by atoms with Crippen LogP contribution in [-0.2, 0) is 14.6 Å². The molecule has 1 rings (SSSR count). The molecule has 0 aromatic rings. The van der Waals surface area contributed by atoms with Gasteiger partial charge in [0.05, 0.1) is 11.5 Å². The molecular weight excluding hydrogens is 305 g/mol. The highest BCUT2D eigenvalue weighted by atomic mass is 32.2. The number of carboxylic acid groups (broad SMARTS) is 1. The van der Waals surface area contributed by atoms with Crippen molar-refractivity contribution < 1.29 is 36.3 Å². The third kappa shape index (κ3) is 5.23. The summed E-state index contributed by atoms with van der Waals surface area (Å²) >= 11 is 0. The molecule has 1 fully saturated rings. The van der Waals surface area contributed by atoms with Gasteiger partial charge in [-0.05, 0) is 0 Å². The van der Waals surface area contributed by atoms with E-state index in [1.807, 2.05) is 0 Å². The summed E-state index contributed by atoms with van der Waals surface area (Å²) in [5, 5.41) is 8.54. The van der Waals surface area contributed by atoms with Crippen LogP contribution in [-0.4, -0.2) is 79.2 Å². The number of halogens is 3. The average molecular weight is 318 g/mol. The van der Waals surface area contributed by atoms with E-state index in [1.165, 1.54) is 0 Å². The highest BCUT2D eigenvalue weighted by Crippen LogP contribution is 2.18. The molecule has 11 heteroatoms. The highest BCUT2D eigenvalue weighted by molar-refractivity contribution is 7.91. The average Bonchev–Trinajstić information content (AvgIpc) is 2.24. The Morgan fingerprint density at radius 3 is 2.10 bits per heavy atom. The lowest BCUT2D eigenvalue weighted by Gasteiger charge is -2.32. The topological polar surface area (TPSA) is 95.0 Å². The van der Waals surface area contributed by atoms with E-state index in [0.29, 0.717) is 0 Å². The predicted molar refractivity (Wildman–Crippen MR) is 60.9 cm³/mol. The van der Waals surface area contributed by atoms with Crippen molar-refractivity contribution >= 4 is 21.8 Å². The lowest BCUT2D eigenvalue weighted by molar-refractivity contribution is -0.149. The van der Waals surface area contributed by atoms with Crippen LogP contribution in [0.15, 0.2) is 0 Å². The Balaban J connectivity index is 2.75. The molecule has 0 bridgehead atoms. The van der Waals surface area contributed by atoms with Crippen molar-refractivity contribution in [3.05, 3.63) is 0 Å². The number of nitrogens with zero attached hydrogens (tertiary/aromatic N) is 2. The maximum absolute atomic E-state index is 12.3. The Kier molecular flexibility index (Phi) is 4.84. The fourth-order valence-corrected chi connectivity index (χ4v) is 2.88.